The summed E-state index contributed by atoms with van der Waals surface area (Å²) in [5, 5.41) is 12.7. The van der Waals surface area contributed by atoms with E-state index in [2.05, 4.69) is 10.1 Å². The predicted molar refractivity (Wildman–Crippen MR) is 79.1 cm³/mol. The Balaban J connectivity index is 2.06. The highest BCUT2D eigenvalue weighted by molar-refractivity contribution is 7.99. The van der Waals surface area contributed by atoms with E-state index in [0.29, 0.717) is 24.1 Å². The predicted octanol–water partition coefficient (Wildman–Crippen LogP) is 2.97. The molecule has 2 rings (SSSR count). The van der Waals surface area contributed by atoms with Gasteiger partial charge in [-0.2, -0.15) is 4.98 Å². The molecule has 0 atom stereocenters. The summed E-state index contributed by atoms with van der Waals surface area (Å²) in [6, 6.07) is 0. The molecule has 0 aliphatic heterocycles. The number of carbonyl (C=O) groups is 1. The van der Waals surface area contributed by atoms with E-state index in [-0.39, 0.29) is 5.75 Å². The summed E-state index contributed by atoms with van der Waals surface area (Å²) in [6.07, 6.45) is 6.49. The second-order valence-corrected chi connectivity index (χ2v) is 6.23. The first kappa shape index (κ1) is 16.3. The lowest BCUT2D eigenvalue weighted by Crippen LogP contribution is -2.30. The molecule has 1 heterocycles. The van der Waals surface area contributed by atoms with Crippen molar-refractivity contribution in [1.82, 2.24) is 10.1 Å². The molecule has 0 radical (unpaired) electrons. The average molecular weight is 314 g/mol. The van der Waals surface area contributed by atoms with Crippen LogP contribution in [-0.4, -0.2) is 33.6 Å². The smallest absolute Gasteiger partial charge is 0.313 e. The van der Waals surface area contributed by atoms with Crippen molar-refractivity contribution in [3.63, 3.8) is 0 Å². The molecular formula is C14H22N2O4S. The molecule has 0 unspecified atom stereocenters. The van der Waals surface area contributed by atoms with Gasteiger partial charge < -0.3 is 14.4 Å². The van der Waals surface area contributed by atoms with Crippen molar-refractivity contribution in [1.29, 1.82) is 0 Å². The Hall–Kier alpha value is -1.08. The second kappa shape index (κ2) is 7.79. The fraction of sp³-hybridized carbons (Fsp3) is 0.786. The lowest BCUT2D eigenvalue weighted by molar-refractivity contribution is -0.133. The number of hydrogen-bond donors (Lipinski definition) is 1. The molecule has 1 aromatic rings. The van der Waals surface area contributed by atoms with Crippen molar-refractivity contribution < 1.29 is 19.2 Å². The van der Waals surface area contributed by atoms with Crippen molar-refractivity contribution in [2.75, 3.05) is 12.4 Å². The third-order valence-corrected chi connectivity index (χ3v) is 4.56. The fourth-order valence-electron chi connectivity index (χ4n) is 2.73. The molecule has 1 aliphatic rings. The summed E-state index contributed by atoms with van der Waals surface area (Å²) >= 11 is 1.25. The molecule has 21 heavy (non-hydrogen) atoms. The lowest BCUT2D eigenvalue weighted by atomic mass is 9.93. The van der Waals surface area contributed by atoms with Crippen molar-refractivity contribution in [3.05, 3.63) is 11.7 Å². The molecule has 1 aliphatic carbocycles. The molecule has 1 saturated carbocycles. The minimum atomic E-state index is -0.839. The van der Waals surface area contributed by atoms with Crippen LogP contribution >= 0.6 is 11.8 Å². The first-order valence-electron chi connectivity index (χ1n) is 7.43. The van der Waals surface area contributed by atoms with E-state index < -0.39 is 11.6 Å². The molecule has 0 amide bonds. The standard InChI is InChI=1S/C14H22N2O4S/c1-2-19-14(7-5-3-4-6-8-14)13-15-11(20-16-13)9-21-10-12(17)18/h2-10H2,1H3,(H,17,18). The Morgan fingerprint density at radius 3 is 2.71 bits per heavy atom. The van der Waals surface area contributed by atoms with Gasteiger partial charge in [-0.1, -0.05) is 30.8 Å². The van der Waals surface area contributed by atoms with E-state index in [4.69, 9.17) is 14.4 Å². The quantitative estimate of drug-likeness (QED) is 0.774. The van der Waals surface area contributed by atoms with Crippen LogP contribution in [0.4, 0.5) is 0 Å². The Kier molecular flexibility index (Phi) is 6.05. The summed E-state index contributed by atoms with van der Waals surface area (Å²) in [5.41, 5.74) is -0.426. The molecule has 118 valence electrons. The minimum absolute atomic E-state index is 0.0360. The summed E-state index contributed by atoms with van der Waals surface area (Å²) in [7, 11) is 0. The zero-order valence-electron chi connectivity index (χ0n) is 12.3. The molecule has 0 saturated heterocycles. The van der Waals surface area contributed by atoms with E-state index in [1.165, 1.54) is 24.6 Å². The van der Waals surface area contributed by atoms with Gasteiger partial charge in [-0.3, -0.25) is 4.79 Å². The summed E-state index contributed by atoms with van der Waals surface area (Å²) < 4.78 is 11.3. The minimum Gasteiger partial charge on any atom is -0.481 e. The molecule has 1 aromatic heterocycles. The first-order valence-corrected chi connectivity index (χ1v) is 8.58. The van der Waals surface area contributed by atoms with E-state index in [0.717, 1.165) is 25.7 Å². The van der Waals surface area contributed by atoms with Crippen LogP contribution in [-0.2, 0) is 20.9 Å². The molecule has 6 nitrogen and oxygen atoms in total. The zero-order valence-corrected chi connectivity index (χ0v) is 13.2. The molecule has 1 N–H and O–H groups in total. The van der Waals surface area contributed by atoms with Gasteiger partial charge in [0, 0.05) is 6.61 Å². The number of carboxylic acids is 1. The van der Waals surface area contributed by atoms with Crippen LogP contribution in [0.5, 0.6) is 0 Å². The molecule has 0 aromatic carbocycles. The maximum Gasteiger partial charge on any atom is 0.313 e. The van der Waals surface area contributed by atoms with Crippen LogP contribution in [0.1, 0.15) is 57.2 Å². The van der Waals surface area contributed by atoms with Gasteiger partial charge in [0.25, 0.3) is 0 Å². The highest BCUT2D eigenvalue weighted by atomic mass is 32.2. The number of thioether (sulfide) groups is 1. The number of hydrogen-bond acceptors (Lipinski definition) is 6. The number of aliphatic carboxylic acids is 1. The normalized spacial score (nSPS) is 18.3. The maximum atomic E-state index is 10.5. The summed E-state index contributed by atoms with van der Waals surface area (Å²) in [6.45, 7) is 2.61. The van der Waals surface area contributed by atoms with Crippen molar-refractivity contribution in [2.45, 2.75) is 56.8 Å². The molecule has 0 bridgehead atoms. The zero-order chi connectivity index (χ0) is 15.1. The summed E-state index contributed by atoms with van der Waals surface area (Å²) in [4.78, 5) is 15.0. The van der Waals surface area contributed by atoms with Gasteiger partial charge in [0.15, 0.2) is 0 Å². The number of nitrogens with zero attached hydrogens (tertiary/aromatic N) is 2. The monoisotopic (exact) mass is 314 g/mol. The van der Waals surface area contributed by atoms with Crippen molar-refractivity contribution in [3.8, 4) is 0 Å². The fourth-order valence-corrected chi connectivity index (χ4v) is 3.30. The van der Waals surface area contributed by atoms with Crippen molar-refractivity contribution >= 4 is 17.7 Å². The third-order valence-electron chi connectivity index (χ3n) is 3.66. The lowest BCUT2D eigenvalue weighted by Gasteiger charge is -2.29. The number of aromatic nitrogens is 2. The number of carboxylic acid groups (broad SMARTS) is 1. The molecule has 7 heteroatoms. The second-order valence-electron chi connectivity index (χ2n) is 5.24. The SMILES string of the molecule is CCOC1(c2noc(CSCC(=O)O)n2)CCCCCC1. The van der Waals surface area contributed by atoms with Crippen LogP contribution in [0.15, 0.2) is 4.52 Å². The van der Waals surface area contributed by atoms with Crippen LogP contribution in [0, 0.1) is 0 Å². The number of ether oxygens (including phenoxy) is 1. The van der Waals surface area contributed by atoms with Crippen LogP contribution < -0.4 is 0 Å². The van der Waals surface area contributed by atoms with E-state index in [1.54, 1.807) is 0 Å². The van der Waals surface area contributed by atoms with Gasteiger partial charge in [-0.25, -0.2) is 0 Å². The first-order chi connectivity index (χ1) is 10.2. The largest absolute Gasteiger partial charge is 0.481 e. The van der Waals surface area contributed by atoms with Gasteiger partial charge in [0.05, 0.1) is 11.5 Å². The van der Waals surface area contributed by atoms with Crippen LogP contribution in [0.3, 0.4) is 0 Å². The molecular weight excluding hydrogens is 292 g/mol. The highest BCUT2D eigenvalue weighted by Gasteiger charge is 2.38. The third kappa shape index (κ3) is 4.44. The molecule has 0 spiro atoms. The number of rotatable bonds is 7. The van der Waals surface area contributed by atoms with E-state index in [9.17, 15) is 4.79 Å². The van der Waals surface area contributed by atoms with E-state index >= 15 is 0 Å². The Labute approximate surface area is 128 Å². The van der Waals surface area contributed by atoms with Gasteiger partial charge in [0.2, 0.25) is 11.7 Å². The topological polar surface area (TPSA) is 85.5 Å². The highest BCUT2D eigenvalue weighted by Crippen LogP contribution is 2.38. The molecule has 1 fully saturated rings. The Morgan fingerprint density at radius 2 is 2.10 bits per heavy atom. The van der Waals surface area contributed by atoms with Gasteiger partial charge in [-0.15, -0.1) is 11.8 Å². The van der Waals surface area contributed by atoms with Crippen LogP contribution in [0.25, 0.3) is 0 Å². The summed E-state index contributed by atoms with van der Waals surface area (Å²) in [5.74, 6) is 0.710. The van der Waals surface area contributed by atoms with Crippen molar-refractivity contribution in [2.24, 2.45) is 0 Å². The van der Waals surface area contributed by atoms with Gasteiger partial charge in [-0.05, 0) is 19.8 Å². The Morgan fingerprint density at radius 1 is 1.38 bits per heavy atom. The average Bonchev–Trinajstić information content (AvgIpc) is 2.79. The Bertz CT molecular complexity index is 456. The van der Waals surface area contributed by atoms with Gasteiger partial charge in [0.1, 0.15) is 5.60 Å². The van der Waals surface area contributed by atoms with E-state index in [1.807, 2.05) is 6.92 Å². The van der Waals surface area contributed by atoms with Crippen LogP contribution in [0.2, 0.25) is 0 Å². The maximum absolute atomic E-state index is 10.5. The van der Waals surface area contributed by atoms with Gasteiger partial charge >= 0.3 is 5.97 Å².